The van der Waals surface area contributed by atoms with Gasteiger partial charge >= 0.3 is 0 Å². The highest BCUT2D eigenvalue weighted by Gasteiger charge is 2.24. The van der Waals surface area contributed by atoms with E-state index in [2.05, 4.69) is 39.2 Å². The maximum atomic E-state index is 12.3. The molecule has 0 spiro atoms. The standard InChI is InChI=1S/C14H14BrN3O/c1-3-12-14-10-6-8(2)11(15)7-9(10)13(19)4-5-18(14)17-16-12/h6-7H,3-5H2,1-2H3. The van der Waals surface area contributed by atoms with Crippen LogP contribution in [-0.4, -0.2) is 20.8 Å². The van der Waals surface area contributed by atoms with E-state index in [0.717, 1.165) is 39.0 Å². The summed E-state index contributed by atoms with van der Waals surface area (Å²) in [4.78, 5) is 12.3. The number of hydrogen-bond donors (Lipinski definition) is 0. The number of hydrogen-bond acceptors (Lipinski definition) is 3. The van der Waals surface area contributed by atoms with Crippen molar-refractivity contribution in [2.75, 3.05) is 0 Å². The third-order valence-corrected chi connectivity index (χ3v) is 4.40. The molecule has 5 heteroatoms. The average Bonchev–Trinajstić information content (AvgIpc) is 2.76. The van der Waals surface area contributed by atoms with Crippen molar-refractivity contribution in [3.8, 4) is 11.3 Å². The van der Waals surface area contributed by atoms with Crippen LogP contribution in [0.3, 0.4) is 0 Å². The van der Waals surface area contributed by atoms with Gasteiger partial charge in [-0.25, -0.2) is 4.68 Å². The topological polar surface area (TPSA) is 47.8 Å². The zero-order valence-corrected chi connectivity index (χ0v) is 12.5. The molecular weight excluding hydrogens is 306 g/mol. The van der Waals surface area contributed by atoms with E-state index in [-0.39, 0.29) is 5.78 Å². The number of benzene rings is 1. The monoisotopic (exact) mass is 319 g/mol. The summed E-state index contributed by atoms with van der Waals surface area (Å²) in [5.74, 6) is 0.170. The van der Waals surface area contributed by atoms with Gasteiger partial charge in [-0.05, 0) is 31.0 Å². The van der Waals surface area contributed by atoms with Gasteiger partial charge in [-0.15, -0.1) is 5.10 Å². The van der Waals surface area contributed by atoms with Crippen LogP contribution in [0, 0.1) is 6.92 Å². The summed E-state index contributed by atoms with van der Waals surface area (Å²) in [6, 6.07) is 3.98. The van der Waals surface area contributed by atoms with Gasteiger partial charge < -0.3 is 0 Å². The average molecular weight is 320 g/mol. The van der Waals surface area contributed by atoms with E-state index >= 15 is 0 Å². The summed E-state index contributed by atoms with van der Waals surface area (Å²) >= 11 is 3.50. The first-order valence-electron chi connectivity index (χ1n) is 6.38. The fourth-order valence-electron chi connectivity index (χ4n) is 2.49. The number of Topliss-reactive ketones (excluding diaryl/α,β-unsaturated/α-hetero) is 1. The lowest BCUT2D eigenvalue weighted by Crippen LogP contribution is -2.03. The number of halogens is 1. The maximum Gasteiger partial charge on any atom is 0.165 e. The van der Waals surface area contributed by atoms with Crippen LogP contribution in [0.1, 0.15) is 35.0 Å². The second kappa shape index (κ2) is 4.56. The molecule has 2 aromatic rings. The maximum absolute atomic E-state index is 12.3. The zero-order valence-electron chi connectivity index (χ0n) is 10.9. The molecule has 1 aromatic carbocycles. The van der Waals surface area contributed by atoms with Gasteiger partial charge in [0.05, 0.1) is 17.9 Å². The molecule has 0 N–H and O–H groups in total. The molecule has 98 valence electrons. The minimum Gasteiger partial charge on any atom is -0.294 e. The highest BCUT2D eigenvalue weighted by molar-refractivity contribution is 9.10. The Kier molecular flexibility index (Phi) is 3.01. The molecule has 0 fully saturated rings. The minimum absolute atomic E-state index is 0.170. The van der Waals surface area contributed by atoms with E-state index in [1.807, 2.05) is 17.7 Å². The minimum atomic E-state index is 0.170. The zero-order chi connectivity index (χ0) is 13.6. The first-order chi connectivity index (χ1) is 9.11. The Hall–Kier alpha value is -1.49. The second-order valence-electron chi connectivity index (χ2n) is 4.78. The Bertz CT molecular complexity index is 676. The molecule has 4 nitrogen and oxygen atoms in total. The Labute approximate surface area is 119 Å². The molecule has 2 heterocycles. The van der Waals surface area contributed by atoms with Crippen molar-refractivity contribution in [1.82, 2.24) is 15.0 Å². The van der Waals surface area contributed by atoms with Gasteiger partial charge in [0.15, 0.2) is 5.78 Å². The number of carbonyl (C=O) groups excluding carboxylic acids is 1. The Balaban J connectivity index is 2.34. The van der Waals surface area contributed by atoms with E-state index < -0.39 is 0 Å². The van der Waals surface area contributed by atoms with E-state index in [1.54, 1.807) is 0 Å². The Morgan fingerprint density at radius 1 is 1.37 bits per heavy atom. The number of nitrogens with zero attached hydrogens (tertiary/aromatic N) is 3. The number of aryl methyl sites for hydroxylation is 3. The first kappa shape index (κ1) is 12.5. The molecule has 0 unspecified atom stereocenters. The summed E-state index contributed by atoms with van der Waals surface area (Å²) in [5, 5.41) is 8.40. The van der Waals surface area contributed by atoms with Gasteiger partial charge in [0.25, 0.3) is 0 Å². The normalized spacial score (nSPS) is 13.9. The molecule has 0 saturated heterocycles. The molecule has 1 aliphatic rings. The quantitative estimate of drug-likeness (QED) is 0.811. The van der Waals surface area contributed by atoms with Crippen molar-refractivity contribution in [3.05, 3.63) is 33.4 Å². The summed E-state index contributed by atoms with van der Waals surface area (Å²) < 4.78 is 2.83. The fraction of sp³-hybridized carbons (Fsp3) is 0.357. The number of ketones is 1. The summed E-state index contributed by atoms with van der Waals surface area (Å²) in [6.07, 6.45) is 1.29. The van der Waals surface area contributed by atoms with Crippen LogP contribution < -0.4 is 0 Å². The van der Waals surface area contributed by atoms with E-state index in [0.29, 0.717) is 13.0 Å². The summed E-state index contributed by atoms with van der Waals surface area (Å²) in [6.45, 7) is 4.69. The lowest BCUT2D eigenvalue weighted by atomic mass is 9.97. The van der Waals surface area contributed by atoms with Crippen molar-refractivity contribution in [2.45, 2.75) is 33.2 Å². The molecule has 0 atom stereocenters. The van der Waals surface area contributed by atoms with Crippen LogP contribution in [-0.2, 0) is 13.0 Å². The van der Waals surface area contributed by atoms with Crippen LogP contribution in [0.2, 0.25) is 0 Å². The van der Waals surface area contributed by atoms with Gasteiger partial charge in [0, 0.05) is 22.0 Å². The third kappa shape index (κ3) is 1.92. The summed E-state index contributed by atoms with van der Waals surface area (Å²) in [5.41, 5.74) is 4.80. The molecular formula is C14H14BrN3O. The molecule has 0 bridgehead atoms. The van der Waals surface area contributed by atoms with Crippen LogP contribution in [0.25, 0.3) is 11.3 Å². The molecule has 19 heavy (non-hydrogen) atoms. The molecule has 1 aliphatic heterocycles. The van der Waals surface area contributed by atoms with Gasteiger partial charge in [-0.3, -0.25) is 4.79 Å². The third-order valence-electron chi connectivity index (χ3n) is 3.54. The summed E-state index contributed by atoms with van der Waals surface area (Å²) in [7, 11) is 0. The van der Waals surface area contributed by atoms with Gasteiger partial charge in [0.1, 0.15) is 0 Å². The number of carbonyl (C=O) groups is 1. The molecule has 1 aromatic heterocycles. The lowest BCUT2D eigenvalue weighted by Gasteiger charge is -2.09. The lowest BCUT2D eigenvalue weighted by molar-refractivity contribution is 0.0978. The van der Waals surface area contributed by atoms with Crippen molar-refractivity contribution in [3.63, 3.8) is 0 Å². The number of aromatic nitrogens is 3. The SMILES string of the molecule is CCc1nnn2c1-c1cc(C)c(Br)cc1C(=O)CC2. The fourth-order valence-corrected chi connectivity index (χ4v) is 2.83. The highest BCUT2D eigenvalue weighted by Crippen LogP contribution is 2.34. The van der Waals surface area contributed by atoms with Gasteiger partial charge in [0.2, 0.25) is 0 Å². The van der Waals surface area contributed by atoms with Crippen LogP contribution in [0.4, 0.5) is 0 Å². The smallest absolute Gasteiger partial charge is 0.165 e. The second-order valence-corrected chi connectivity index (χ2v) is 5.64. The van der Waals surface area contributed by atoms with E-state index in [4.69, 9.17) is 0 Å². The Morgan fingerprint density at radius 2 is 2.16 bits per heavy atom. The van der Waals surface area contributed by atoms with Crippen LogP contribution in [0.15, 0.2) is 16.6 Å². The number of fused-ring (bicyclic) bond motifs is 3. The largest absolute Gasteiger partial charge is 0.294 e. The van der Waals surface area contributed by atoms with Crippen molar-refractivity contribution < 1.29 is 4.79 Å². The predicted octanol–water partition coefficient (Wildman–Crippen LogP) is 3.16. The van der Waals surface area contributed by atoms with Crippen molar-refractivity contribution >= 4 is 21.7 Å². The molecule has 0 amide bonds. The van der Waals surface area contributed by atoms with Gasteiger partial charge in [-0.1, -0.05) is 28.1 Å². The highest BCUT2D eigenvalue weighted by atomic mass is 79.9. The molecule has 0 aliphatic carbocycles. The van der Waals surface area contributed by atoms with Crippen molar-refractivity contribution in [1.29, 1.82) is 0 Å². The Morgan fingerprint density at radius 3 is 2.89 bits per heavy atom. The van der Waals surface area contributed by atoms with Crippen LogP contribution >= 0.6 is 15.9 Å². The molecule has 0 radical (unpaired) electrons. The number of rotatable bonds is 1. The molecule has 3 rings (SSSR count). The van der Waals surface area contributed by atoms with Crippen LogP contribution in [0.5, 0.6) is 0 Å². The van der Waals surface area contributed by atoms with E-state index in [9.17, 15) is 4.79 Å². The van der Waals surface area contributed by atoms with Crippen molar-refractivity contribution in [2.24, 2.45) is 0 Å². The van der Waals surface area contributed by atoms with Gasteiger partial charge in [-0.2, -0.15) is 0 Å². The molecule has 0 saturated carbocycles. The van der Waals surface area contributed by atoms with E-state index in [1.165, 1.54) is 0 Å². The first-order valence-corrected chi connectivity index (χ1v) is 7.17. The predicted molar refractivity (Wildman–Crippen MR) is 76.2 cm³/mol.